The van der Waals surface area contributed by atoms with Gasteiger partial charge in [0.15, 0.2) is 0 Å². The van der Waals surface area contributed by atoms with Crippen LogP contribution >= 0.6 is 0 Å². The summed E-state index contributed by atoms with van der Waals surface area (Å²) in [6, 6.07) is -0.0992. The topological polar surface area (TPSA) is 98.7 Å². The summed E-state index contributed by atoms with van der Waals surface area (Å²) in [5, 5.41) is 15.1. The highest BCUT2D eigenvalue weighted by atomic mass is 16.4. The zero-order valence-corrected chi connectivity index (χ0v) is 14.1. The predicted molar refractivity (Wildman–Crippen MR) is 87.4 cm³/mol. The van der Waals surface area contributed by atoms with E-state index in [1.54, 1.807) is 4.90 Å². The molecule has 2 saturated carbocycles. The number of urea groups is 1. The predicted octanol–water partition coefficient (Wildman–Crippen LogP) is 1.33. The van der Waals surface area contributed by atoms with Crippen LogP contribution in [0.3, 0.4) is 0 Å². The molecular formula is C17H27N3O4. The molecule has 3 fully saturated rings. The van der Waals surface area contributed by atoms with Crippen LogP contribution in [0.1, 0.15) is 51.4 Å². The highest BCUT2D eigenvalue weighted by Crippen LogP contribution is 2.48. The molecule has 1 saturated heterocycles. The molecule has 0 aromatic rings. The van der Waals surface area contributed by atoms with Crippen molar-refractivity contribution in [3.63, 3.8) is 0 Å². The van der Waals surface area contributed by atoms with Crippen molar-refractivity contribution in [2.24, 2.45) is 11.3 Å². The Morgan fingerprint density at radius 1 is 1.08 bits per heavy atom. The van der Waals surface area contributed by atoms with Gasteiger partial charge in [-0.05, 0) is 31.6 Å². The number of rotatable bonds is 4. The lowest BCUT2D eigenvalue weighted by molar-refractivity contribution is -0.149. The van der Waals surface area contributed by atoms with Crippen LogP contribution in [0.2, 0.25) is 0 Å². The van der Waals surface area contributed by atoms with Gasteiger partial charge in [0.25, 0.3) is 0 Å². The van der Waals surface area contributed by atoms with E-state index in [0.29, 0.717) is 13.0 Å². The number of nitrogens with one attached hydrogen (secondary N) is 2. The standard InChI is InChI=1S/C17H27N3O4/c21-14(9-18-16(24)19-13-6-2-1-3-7-13)20-10-12-5-4-8-17(12,11-20)15(22)23/h12-13H,1-11H2,(H,22,23)(H2,18,19,24)/t12-,17+/m0/s1. The number of aliphatic carboxylic acids is 1. The molecule has 3 aliphatic rings. The fourth-order valence-electron chi connectivity index (χ4n) is 4.58. The van der Waals surface area contributed by atoms with Gasteiger partial charge in [0.1, 0.15) is 0 Å². The highest BCUT2D eigenvalue weighted by molar-refractivity contribution is 5.85. The van der Waals surface area contributed by atoms with Crippen molar-refractivity contribution >= 4 is 17.9 Å². The third kappa shape index (κ3) is 3.35. The molecule has 0 radical (unpaired) electrons. The molecule has 7 heteroatoms. The minimum absolute atomic E-state index is 0.0509. The number of nitrogens with zero attached hydrogens (tertiary/aromatic N) is 1. The fourth-order valence-corrected chi connectivity index (χ4v) is 4.58. The van der Waals surface area contributed by atoms with Crippen LogP contribution in [0, 0.1) is 11.3 Å². The summed E-state index contributed by atoms with van der Waals surface area (Å²) in [7, 11) is 0. The highest BCUT2D eigenvalue weighted by Gasteiger charge is 2.55. The molecule has 1 aliphatic heterocycles. The second-order valence-electron chi connectivity index (χ2n) is 7.49. The van der Waals surface area contributed by atoms with Crippen molar-refractivity contribution in [2.45, 2.75) is 57.4 Å². The van der Waals surface area contributed by atoms with E-state index in [0.717, 1.165) is 38.5 Å². The number of carboxylic acids is 1. The number of hydrogen-bond acceptors (Lipinski definition) is 3. The number of amides is 3. The third-order valence-electron chi connectivity index (χ3n) is 5.99. The zero-order chi connectivity index (χ0) is 17.2. The van der Waals surface area contributed by atoms with Crippen LogP contribution in [-0.2, 0) is 9.59 Å². The molecular weight excluding hydrogens is 310 g/mol. The van der Waals surface area contributed by atoms with Gasteiger partial charge in [-0.2, -0.15) is 0 Å². The van der Waals surface area contributed by atoms with E-state index in [9.17, 15) is 19.5 Å². The molecule has 3 rings (SSSR count). The van der Waals surface area contributed by atoms with E-state index in [1.807, 2.05) is 0 Å². The Bertz CT molecular complexity index is 518. The van der Waals surface area contributed by atoms with Crippen LogP contribution in [0.4, 0.5) is 4.79 Å². The summed E-state index contributed by atoms with van der Waals surface area (Å²) >= 11 is 0. The van der Waals surface area contributed by atoms with Gasteiger partial charge in [-0.15, -0.1) is 0 Å². The Morgan fingerprint density at radius 2 is 1.83 bits per heavy atom. The van der Waals surface area contributed by atoms with Crippen molar-refractivity contribution in [2.75, 3.05) is 19.6 Å². The monoisotopic (exact) mass is 337 g/mol. The molecule has 2 atom stereocenters. The van der Waals surface area contributed by atoms with Crippen molar-refractivity contribution in [1.82, 2.24) is 15.5 Å². The van der Waals surface area contributed by atoms with Gasteiger partial charge in [-0.1, -0.05) is 25.7 Å². The van der Waals surface area contributed by atoms with E-state index in [4.69, 9.17) is 0 Å². The van der Waals surface area contributed by atoms with Crippen molar-refractivity contribution in [1.29, 1.82) is 0 Å². The molecule has 1 heterocycles. The van der Waals surface area contributed by atoms with Crippen molar-refractivity contribution < 1.29 is 19.5 Å². The Balaban J connectivity index is 1.46. The van der Waals surface area contributed by atoms with Crippen LogP contribution in [0.25, 0.3) is 0 Å². The SMILES string of the molecule is O=C(NCC(=O)N1C[C@@H]2CCC[C@@]2(C(=O)O)C1)NC1CCCCC1. The molecule has 0 unspecified atom stereocenters. The van der Waals surface area contributed by atoms with Crippen LogP contribution in [0.5, 0.6) is 0 Å². The molecule has 0 aromatic carbocycles. The normalized spacial score (nSPS) is 30.0. The average molecular weight is 337 g/mol. The number of carbonyl (C=O) groups is 3. The first-order valence-corrected chi connectivity index (χ1v) is 9.07. The van der Waals surface area contributed by atoms with Gasteiger partial charge in [-0.25, -0.2) is 4.79 Å². The zero-order valence-electron chi connectivity index (χ0n) is 14.1. The lowest BCUT2D eigenvalue weighted by Crippen LogP contribution is -2.47. The first-order valence-electron chi connectivity index (χ1n) is 9.07. The number of carboxylic acid groups (broad SMARTS) is 1. The molecule has 0 bridgehead atoms. The molecule has 2 aliphatic carbocycles. The lowest BCUT2D eigenvalue weighted by atomic mass is 9.81. The third-order valence-corrected chi connectivity index (χ3v) is 5.99. The summed E-state index contributed by atoms with van der Waals surface area (Å²) < 4.78 is 0. The Morgan fingerprint density at radius 3 is 2.50 bits per heavy atom. The van der Waals surface area contributed by atoms with Crippen LogP contribution in [-0.4, -0.2) is 53.6 Å². The fraction of sp³-hybridized carbons (Fsp3) is 0.824. The first kappa shape index (κ1) is 17.0. The smallest absolute Gasteiger partial charge is 0.315 e. The molecule has 0 aromatic heterocycles. The Hall–Kier alpha value is -1.79. The van der Waals surface area contributed by atoms with Gasteiger partial charge in [0.2, 0.25) is 5.91 Å². The molecule has 3 N–H and O–H groups in total. The van der Waals surface area contributed by atoms with Crippen molar-refractivity contribution in [3.8, 4) is 0 Å². The summed E-state index contributed by atoms with van der Waals surface area (Å²) in [5.41, 5.74) is -0.764. The summed E-state index contributed by atoms with van der Waals surface area (Å²) in [5.74, 6) is -0.929. The second-order valence-corrected chi connectivity index (χ2v) is 7.49. The Kier molecular flexibility index (Phi) is 4.96. The molecule has 24 heavy (non-hydrogen) atoms. The summed E-state index contributed by atoms with van der Waals surface area (Å²) in [4.78, 5) is 37.5. The van der Waals surface area contributed by atoms with E-state index in [1.165, 1.54) is 6.42 Å². The summed E-state index contributed by atoms with van der Waals surface area (Å²) in [6.07, 6.45) is 7.91. The second kappa shape index (κ2) is 6.99. The average Bonchev–Trinajstić information content (AvgIpc) is 3.12. The number of fused-ring (bicyclic) bond motifs is 1. The van der Waals surface area contributed by atoms with E-state index in [2.05, 4.69) is 10.6 Å². The largest absolute Gasteiger partial charge is 0.481 e. The van der Waals surface area contributed by atoms with E-state index < -0.39 is 11.4 Å². The van der Waals surface area contributed by atoms with E-state index in [-0.39, 0.29) is 37.0 Å². The maximum Gasteiger partial charge on any atom is 0.315 e. The van der Waals surface area contributed by atoms with Gasteiger partial charge in [0, 0.05) is 19.1 Å². The summed E-state index contributed by atoms with van der Waals surface area (Å²) in [6.45, 7) is 0.704. The van der Waals surface area contributed by atoms with E-state index >= 15 is 0 Å². The first-order chi connectivity index (χ1) is 11.5. The lowest BCUT2D eigenvalue weighted by Gasteiger charge is -2.24. The van der Waals surface area contributed by atoms with Gasteiger partial charge >= 0.3 is 12.0 Å². The molecule has 7 nitrogen and oxygen atoms in total. The van der Waals surface area contributed by atoms with Crippen molar-refractivity contribution in [3.05, 3.63) is 0 Å². The minimum atomic E-state index is -0.789. The number of hydrogen-bond donors (Lipinski definition) is 3. The van der Waals surface area contributed by atoms with Gasteiger partial charge < -0.3 is 20.6 Å². The van der Waals surface area contributed by atoms with Gasteiger partial charge in [-0.3, -0.25) is 9.59 Å². The Labute approximate surface area is 142 Å². The number of carbonyl (C=O) groups excluding carboxylic acids is 2. The van der Waals surface area contributed by atoms with Gasteiger partial charge in [0.05, 0.1) is 12.0 Å². The van der Waals surface area contributed by atoms with Crippen LogP contribution in [0.15, 0.2) is 0 Å². The minimum Gasteiger partial charge on any atom is -0.481 e. The quantitative estimate of drug-likeness (QED) is 0.721. The molecule has 134 valence electrons. The molecule has 0 spiro atoms. The number of likely N-dealkylation sites (tertiary alicyclic amines) is 1. The van der Waals surface area contributed by atoms with Crippen LogP contribution < -0.4 is 10.6 Å². The maximum absolute atomic E-state index is 12.3. The maximum atomic E-state index is 12.3. The molecule has 3 amide bonds.